The van der Waals surface area contributed by atoms with Gasteiger partial charge in [-0.1, -0.05) is 0 Å². The average Bonchev–Trinajstić information content (AvgIpc) is 3.00. The van der Waals surface area contributed by atoms with Gasteiger partial charge in [0.1, 0.15) is 6.54 Å². The Morgan fingerprint density at radius 1 is 1.48 bits per heavy atom. The van der Waals surface area contributed by atoms with Gasteiger partial charge in [-0.2, -0.15) is 0 Å². The third-order valence-electron chi connectivity index (χ3n) is 3.71. The number of hydrogen-bond donors (Lipinski definition) is 2. The molecular formula is C15H26N3O2S+. The van der Waals surface area contributed by atoms with Crippen molar-refractivity contribution in [2.75, 3.05) is 45.9 Å². The van der Waals surface area contributed by atoms with Crippen LogP contribution in [0, 0.1) is 0 Å². The van der Waals surface area contributed by atoms with Crippen LogP contribution in [0.1, 0.15) is 19.1 Å². The molecule has 0 unspecified atom stereocenters. The molecule has 118 valence electrons. The van der Waals surface area contributed by atoms with Gasteiger partial charge < -0.3 is 24.3 Å². The van der Waals surface area contributed by atoms with Crippen molar-refractivity contribution in [3.8, 4) is 0 Å². The molecule has 0 aromatic carbocycles. The first kappa shape index (κ1) is 16.3. The zero-order valence-electron chi connectivity index (χ0n) is 12.8. The number of piperazine rings is 1. The van der Waals surface area contributed by atoms with Crippen molar-refractivity contribution in [3.05, 3.63) is 24.2 Å². The van der Waals surface area contributed by atoms with Crippen molar-refractivity contribution in [2.24, 2.45) is 0 Å². The van der Waals surface area contributed by atoms with Gasteiger partial charge in [0.2, 0.25) is 0 Å². The van der Waals surface area contributed by atoms with E-state index in [-0.39, 0.29) is 0 Å². The summed E-state index contributed by atoms with van der Waals surface area (Å²) < 4.78 is 10.7. The molecule has 21 heavy (non-hydrogen) atoms. The van der Waals surface area contributed by atoms with Gasteiger partial charge in [-0.15, -0.1) is 0 Å². The second kappa shape index (κ2) is 9.02. The number of nitrogens with one attached hydrogen (secondary N) is 2. The fourth-order valence-electron chi connectivity index (χ4n) is 2.49. The van der Waals surface area contributed by atoms with E-state index in [1.807, 2.05) is 19.1 Å². The highest BCUT2D eigenvalue weighted by Gasteiger charge is 2.22. The van der Waals surface area contributed by atoms with E-state index in [2.05, 4.69) is 10.2 Å². The van der Waals surface area contributed by atoms with Gasteiger partial charge in [-0.3, -0.25) is 0 Å². The van der Waals surface area contributed by atoms with Gasteiger partial charge in [0.25, 0.3) is 0 Å². The molecule has 1 aliphatic rings. The fraction of sp³-hybridized carbons (Fsp3) is 0.667. The summed E-state index contributed by atoms with van der Waals surface area (Å²) in [6.07, 6.45) is 2.74. The third kappa shape index (κ3) is 5.65. The number of thiocarbonyl (C=S) groups is 1. The molecule has 0 spiro atoms. The topological polar surface area (TPSA) is 42.1 Å². The SMILES string of the molecule is CCOCCCNC(=S)N1CC[NH+](Cc2ccco2)CC1. The summed E-state index contributed by atoms with van der Waals surface area (Å²) in [6, 6.07) is 4.00. The molecule has 0 radical (unpaired) electrons. The van der Waals surface area contributed by atoms with Crippen LogP contribution in [0.2, 0.25) is 0 Å². The number of furan rings is 1. The maximum absolute atomic E-state index is 5.45. The number of quaternary nitrogens is 1. The Kier molecular flexibility index (Phi) is 6.99. The maximum Gasteiger partial charge on any atom is 0.169 e. The molecule has 1 aromatic heterocycles. The van der Waals surface area contributed by atoms with Gasteiger partial charge in [0.05, 0.1) is 32.4 Å². The Balaban J connectivity index is 1.60. The van der Waals surface area contributed by atoms with Crippen LogP contribution in [0.4, 0.5) is 0 Å². The van der Waals surface area contributed by atoms with Crippen LogP contribution in [-0.2, 0) is 11.3 Å². The molecule has 5 nitrogen and oxygen atoms in total. The Hall–Kier alpha value is -1.11. The summed E-state index contributed by atoms with van der Waals surface area (Å²) in [5.74, 6) is 1.06. The predicted octanol–water partition coefficient (Wildman–Crippen LogP) is 0.281. The van der Waals surface area contributed by atoms with Crippen molar-refractivity contribution in [1.82, 2.24) is 10.2 Å². The summed E-state index contributed by atoms with van der Waals surface area (Å²) in [4.78, 5) is 3.82. The lowest BCUT2D eigenvalue weighted by Crippen LogP contribution is -3.13. The summed E-state index contributed by atoms with van der Waals surface area (Å²) >= 11 is 5.45. The van der Waals surface area contributed by atoms with E-state index in [9.17, 15) is 0 Å². The highest BCUT2D eigenvalue weighted by molar-refractivity contribution is 7.80. The Bertz CT molecular complexity index is 403. The summed E-state index contributed by atoms with van der Waals surface area (Å²) in [7, 11) is 0. The van der Waals surface area contributed by atoms with Gasteiger partial charge in [-0.25, -0.2) is 0 Å². The van der Waals surface area contributed by atoms with E-state index in [0.717, 1.165) is 69.8 Å². The largest absolute Gasteiger partial charge is 0.463 e. The van der Waals surface area contributed by atoms with E-state index in [0.29, 0.717) is 0 Å². The second-order valence-corrected chi connectivity index (χ2v) is 5.66. The molecule has 1 fully saturated rings. The molecule has 0 aliphatic carbocycles. The summed E-state index contributed by atoms with van der Waals surface area (Å²) in [5, 5.41) is 4.20. The van der Waals surface area contributed by atoms with Crippen LogP contribution in [0.5, 0.6) is 0 Å². The van der Waals surface area contributed by atoms with Crippen molar-refractivity contribution in [2.45, 2.75) is 19.9 Å². The van der Waals surface area contributed by atoms with Gasteiger partial charge in [0, 0.05) is 19.8 Å². The minimum Gasteiger partial charge on any atom is -0.463 e. The van der Waals surface area contributed by atoms with Crippen LogP contribution < -0.4 is 10.2 Å². The molecule has 2 heterocycles. The standard InChI is InChI=1S/C15H25N3O2S/c1-2-19-11-4-6-16-15(21)18-9-7-17(8-10-18)13-14-5-3-12-20-14/h3,5,12H,2,4,6-11,13H2,1H3,(H,16,21)/p+1. The smallest absolute Gasteiger partial charge is 0.169 e. The number of hydrogen-bond acceptors (Lipinski definition) is 3. The van der Waals surface area contributed by atoms with Crippen molar-refractivity contribution in [3.63, 3.8) is 0 Å². The Labute approximate surface area is 132 Å². The normalized spacial score (nSPS) is 16.1. The van der Waals surface area contributed by atoms with E-state index >= 15 is 0 Å². The first-order valence-corrected chi connectivity index (χ1v) is 8.17. The molecule has 2 rings (SSSR count). The molecule has 1 saturated heterocycles. The zero-order chi connectivity index (χ0) is 14.9. The van der Waals surface area contributed by atoms with Crippen LogP contribution in [0.3, 0.4) is 0 Å². The minimum absolute atomic E-state index is 0.783. The molecule has 0 bridgehead atoms. The molecule has 1 aliphatic heterocycles. The van der Waals surface area contributed by atoms with Gasteiger partial charge in [-0.05, 0) is 37.7 Å². The lowest BCUT2D eigenvalue weighted by molar-refractivity contribution is -0.918. The fourth-order valence-corrected chi connectivity index (χ4v) is 2.77. The number of ether oxygens (including phenoxy) is 1. The lowest BCUT2D eigenvalue weighted by Gasteiger charge is -2.33. The van der Waals surface area contributed by atoms with Gasteiger partial charge in [0.15, 0.2) is 10.9 Å². The lowest BCUT2D eigenvalue weighted by atomic mass is 10.3. The van der Waals surface area contributed by atoms with Crippen LogP contribution in [-0.4, -0.2) is 55.9 Å². The molecule has 6 heteroatoms. The van der Waals surface area contributed by atoms with E-state index in [1.54, 1.807) is 11.2 Å². The molecule has 2 N–H and O–H groups in total. The van der Waals surface area contributed by atoms with Crippen molar-refractivity contribution < 1.29 is 14.1 Å². The molecular weight excluding hydrogens is 286 g/mol. The molecule has 0 amide bonds. The van der Waals surface area contributed by atoms with E-state index < -0.39 is 0 Å². The maximum atomic E-state index is 5.45. The van der Waals surface area contributed by atoms with Crippen LogP contribution >= 0.6 is 12.2 Å². The van der Waals surface area contributed by atoms with Crippen molar-refractivity contribution in [1.29, 1.82) is 0 Å². The second-order valence-electron chi connectivity index (χ2n) is 5.28. The Morgan fingerprint density at radius 3 is 2.95 bits per heavy atom. The highest BCUT2D eigenvalue weighted by Crippen LogP contribution is 1.98. The molecule has 0 atom stereocenters. The summed E-state index contributed by atoms with van der Waals surface area (Å²) in [6.45, 7) is 9.66. The highest BCUT2D eigenvalue weighted by atomic mass is 32.1. The average molecular weight is 312 g/mol. The monoisotopic (exact) mass is 312 g/mol. The number of rotatable bonds is 7. The van der Waals surface area contributed by atoms with Crippen LogP contribution in [0.15, 0.2) is 22.8 Å². The van der Waals surface area contributed by atoms with E-state index in [1.165, 1.54) is 0 Å². The summed E-state index contributed by atoms with van der Waals surface area (Å²) in [5.41, 5.74) is 0. The van der Waals surface area contributed by atoms with Crippen LogP contribution in [0.25, 0.3) is 0 Å². The van der Waals surface area contributed by atoms with E-state index in [4.69, 9.17) is 21.4 Å². The first-order valence-electron chi connectivity index (χ1n) is 7.76. The minimum atomic E-state index is 0.783. The van der Waals surface area contributed by atoms with Crippen molar-refractivity contribution >= 4 is 17.3 Å². The Morgan fingerprint density at radius 2 is 2.29 bits per heavy atom. The number of nitrogens with zero attached hydrogens (tertiary/aromatic N) is 1. The zero-order valence-corrected chi connectivity index (χ0v) is 13.6. The molecule has 0 saturated carbocycles. The molecule has 1 aromatic rings. The first-order chi connectivity index (χ1) is 10.3. The van der Waals surface area contributed by atoms with Gasteiger partial charge >= 0.3 is 0 Å². The predicted molar refractivity (Wildman–Crippen MR) is 86.4 cm³/mol. The third-order valence-corrected chi connectivity index (χ3v) is 4.11. The quantitative estimate of drug-likeness (QED) is 0.559.